The van der Waals surface area contributed by atoms with E-state index >= 15 is 0 Å². The molecule has 1 fully saturated rings. The Hall–Kier alpha value is -0.650. The summed E-state index contributed by atoms with van der Waals surface area (Å²) >= 11 is 0. The van der Waals surface area contributed by atoms with Gasteiger partial charge in [-0.05, 0) is 0 Å². The van der Waals surface area contributed by atoms with Crippen LogP contribution in [-0.2, 0) is 4.79 Å². The average molecular weight is 160 g/mol. The number of piperazine rings is 1. The summed E-state index contributed by atoms with van der Waals surface area (Å²) in [5.74, 6) is -0.809. The number of carboxylic acid groups (broad SMARTS) is 1. The second-order valence-corrected chi connectivity index (χ2v) is 2.62. The Morgan fingerprint density at radius 3 is 2.27 bits per heavy atom. The highest BCUT2D eigenvalue weighted by molar-refractivity contribution is 5.69. The number of hydrogen-bond acceptors (Lipinski definition) is 4. The predicted octanol–water partition coefficient (Wildman–Crippen LogP) is -0.922. The average Bonchev–Trinajstić information content (AvgIpc) is 1.93. The molecule has 1 aliphatic heterocycles. The highest BCUT2D eigenvalue weighted by atomic mass is 16.5. The van der Waals surface area contributed by atoms with Crippen molar-refractivity contribution in [3.63, 3.8) is 0 Å². The van der Waals surface area contributed by atoms with Crippen molar-refractivity contribution in [2.24, 2.45) is 0 Å². The molecule has 1 saturated heterocycles. The van der Waals surface area contributed by atoms with E-state index in [2.05, 4.69) is 0 Å². The van der Waals surface area contributed by atoms with Gasteiger partial charge in [-0.15, -0.1) is 0 Å². The minimum absolute atomic E-state index is 0.0772. The fourth-order valence-corrected chi connectivity index (χ4v) is 1.09. The second kappa shape index (κ2) is 3.66. The summed E-state index contributed by atoms with van der Waals surface area (Å²) in [5.41, 5.74) is 0. The number of nitrogens with zero attached hydrogens (tertiary/aromatic N) is 2. The third-order valence-corrected chi connectivity index (χ3v) is 1.71. The van der Waals surface area contributed by atoms with Crippen LogP contribution in [0.15, 0.2) is 0 Å². The molecule has 0 atom stereocenters. The Kier molecular flexibility index (Phi) is 2.81. The molecule has 0 bridgehead atoms. The monoisotopic (exact) mass is 160 g/mol. The molecule has 0 radical (unpaired) electrons. The van der Waals surface area contributed by atoms with Crippen molar-refractivity contribution in [3.05, 3.63) is 0 Å². The summed E-state index contributed by atoms with van der Waals surface area (Å²) in [7, 11) is 0. The van der Waals surface area contributed by atoms with Crippen LogP contribution in [-0.4, -0.2) is 59.0 Å². The van der Waals surface area contributed by atoms with Gasteiger partial charge in [-0.25, -0.2) is 0 Å². The molecule has 1 aliphatic rings. The van der Waals surface area contributed by atoms with Crippen LogP contribution >= 0.6 is 0 Å². The van der Waals surface area contributed by atoms with E-state index in [9.17, 15) is 4.79 Å². The van der Waals surface area contributed by atoms with Crippen molar-refractivity contribution in [2.45, 2.75) is 0 Å². The molecule has 0 aliphatic carbocycles. The molecular weight excluding hydrogens is 148 g/mol. The van der Waals surface area contributed by atoms with E-state index < -0.39 is 5.97 Å². The van der Waals surface area contributed by atoms with Crippen LogP contribution in [0.1, 0.15) is 0 Å². The minimum atomic E-state index is -0.809. The van der Waals surface area contributed by atoms with Crippen molar-refractivity contribution in [3.8, 4) is 0 Å². The zero-order chi connectivity index (χ0) is 8.27. The topological polar surface area (TPSA) is 64.0 Å². The summed E-state index contributed by atoms with van der Waals surface area (Å²) < 4.78 is 0. The van der Waals surface area contributed by atoms with Gasteiger partial charge in [0.15, 0.2) is 0 Å². The zero-order valence-electron chi connectivity index (χ0n) is 6.23. The van der Waals surface area contributed by atoms with E-state index in [-0.39, 0.29) is 6.54 Å². The number of hydroxylamine groups is 2. The van der Waals surface area contributed by atoms with Crippen LogP contribution in [0.4, 0.5) is 0 Å². The molecule has 0 amide bonds. The van der Waals surface area contributed by atoms with Crippen LogP contribution < -0.4 is 0 Å². The summed E-state index contributed by atoms with van der Waals surface area (Å²) in [6, 6.07) is 0. The molecule has 0 aromatic rings. The maximum absolute atomic E-state index is 10.2. The van der Waals surface area contributed by atoms with E-state index in [1.54, 1.807) is 4.90 Å². The Balaban J connectivity index is 2.22. The molecule has 1 rings (SSSR count). The lowest BCUT2D eigenvalue weighted by Crippen LogP contribution is -2.46. The van der Waals surface area contributed by atoms with Crippen molar-refractivity contribution in [1.29, 1.82) is 0 Å². The number of carboxylic acids is 1. The molecule has 0 unspecified atom stereocenters. The first kappa shape index (κ1) is 8.45. The minimum Gasteiger partial charge on any atom is -0.480 e. The molecule has 1 heterocycles. The van der Waals surface area contributed by atoms with E-state index in [4.69, 9.17) is 10.3 Å². The standard InChI is InChI=1S/C6H12N2O3/c9-6(10)5-7-1-3-8(11)4-2-7/h11H,1-5H2,(H,9,10). The van der Waals surface area contributed by atoms with Gasteiger partial charge in [0.2, 0.25) is 0 Å². The van der Waals surface area contributed by atoms with E-state index in [0.717, 1.165) is 0 Å². The highest BCUT2D eigenvalue weighted by Gasteiger charge is 2.16. The van der Waals surface area contributed by atoms with E-state index in [1.165, 1.54) is 5.06 Å². The fraction of sp³-hybridized carbons (Fsp3) is 0.833. The van der Waals surface area contributed by atoms with Crippen molar-refractivity contribution in [1.82, 2.24) is 9.96 Å². The first-order chi connectivity index (χ1) is 5.18. The van der Waals surface area contributed by atoms with Crippen LogP contribution in [0.5, 0.6) is 0 Å². The molecule has 2 N–H and O–H groups in total. The fourth-order valence-electron chi connectivity index (χ4n) is 1.09. The van der Waals surface area contributed by atoms with Gasteiger partial charge in [-0.3, -0.25) is 9.69 Å². The SMILES string of the molecule is O=C(O)CN1CCN(O)CC1. The van der Waals surface area contributed by atoms with E-state index in [1.807, 2.05) is 0 Å². The maximum atomic E-state index is 10.2. The zero-order valence-corrected chi connectivity index (χ0v) is 6.23. The Bertz CT molecular complexity index is 143. The molecule has 0 aromatic carbocycles. The van der Waals surface area contributed by atoms with Crippen molar-refractivity contribution in [2.75, 3.05) is 32.7 Å². The van der Waals surface area contributed by atoms with Crippen LogP contribution in [0, 0.1) is 0 Å². The number of aliphatic carboxylic acids is 1. The highest BCUT2D eigenvalue weighted by Crippen LogP contribution is 1.97. The second-order valence-electron chi connectivity index (χ2n) is 2.62. The lowest BCUT2D eigenvalue weighted by atomic mass is 10.3. The predicted molar refractivity (Wildman–Crippen MR) is 37.4 cm³/mol. The number of carbonyl (C=O) groups is 1. The van der Waals surface area contributed by atoms with Gasteiger partial charge >= 0.3 is 5.97 Å². The van der Waals surface area contributed by atoms with Crippen molar-refractivity contribution >= 4 is 5.97 Å². The third kappa shape index (κ3) is 2.83. The quantitative estimate of drug-likeness (QED) is 0.547. The molecule has 5 heteroatoms. The first-order valence-electron chi connectivity index (χ1n) is 3.56. The molecule has 0 spiro atoms. The van der Waals surface area contributed by atoms with Gasteiger partial charge in [-0.2, -0.15) is 5.06 Å². The van der Waals surface area contributed by atoms with Crippen LogP contribution in [0.2, 0.25) is 0 Å². The van der Waals surface area contributed by atoms with Gasteiger partial charge in [0.05, 0.1) is 6.54 Å². The van der Waals surface area contributed by atoms with Crippen LogP contribution in [0.25, 0.3) is 0 Å². The summed E-state index contributed by atoms with van der Waals surface area (Å²) in [6.07, 6.45) is 0. The first-order valence-corrected chi connectivity index (χ1v) is 3.56. The van der Waals surface area contributed by atoms with Crippen molar-refractivity contribution < 1.29 is 15.1 Å². The molecular formula is C6H12N2O3. The van der Waals surface area contributed by atoms with E-state index in [0.29, 0.717) is 26.2 Å². The number of hydrogen-bond donors (Lipinski definition) is 2. The number of rotatable bonds is 2. The molecule has 5 nitrogen and oxygen atoms in total. The molecule has 11 heavy (non-hydrogen) atoms. The van der Waals surface area contributed by atoms with Gasteiger partial charge in [0.25, 0.3) is 0 Å². The Morgan fingerprint density at radius 1 is 1.27 bits per heavy atom. The van der Waals surface area contributed by atoms with Gasteiger partial charge < -0.3 is 10.3 Å². The summed E-state index contributed by atoms with van der Waals surface area (Å²) in [4.78, 5) is 12.0. The Morgan fingerprint density at radius 2 is 1.82 bits per heavy atom. The molecule has 64 valence electrons. The lowest BCUT2D eigenvalue weighted by Gasteiger charge is -2.29. The largest absolute Gasteiger partial charge is 0.480 e. The van der Waals surface area contributed by atoms with Gasteiger partial charge in [0.1, 0.15) is 0 Å². The molecule has 0 saturated carbocycles. The summed E-state index contributed by atoms with van der Waals surface area (Å²) in [5, 5.41) is 18.5. The smallest absolute Gasteiger partial charge is 0.317 e. The van der Waals surface area contributed by atoms with Gasteiger partial charge in [0, 0.05) is 26.2 Å². The molecule has 0 aromatic heterocycles. The van der Waals surface area contributed by atoms with Crippen LogP contribution in [0.3, 0.4) is 0 Å². The van der Waals surface area contributed by atoms with Gasteiger partial charge in [-0.1, -0.05) is 0 Å². The normalized spacial score (nSPS) is 21.9. The lowest BCUT2D eigenvalue weighted by molar-refractivity contribution is -0.143. The third-order valence-electron chi connectivity index (χ3n) is 1.71. The Labute approximate surface area is 64.8 Å². The maximum Gasteiger partial charge on any atom is 0.317 e. The summed E-state index contributed by atoms with van der Waals surface area (Å²) in [6.45, 7) is 2.40.